The first-order valence-electron chi connectivity index (χ1n) is 7.32. The lowest BCUT2D eigenvalue weighted by Gasteiger charge is -2.39. The molecular formula is C15H27N3O. The van der Waals surface area contributed by atoms with Crippen molar-refractivity contribution in [1.29, 1.82) is 0 Å². The Balaban J connectivity index is 2.10. The molecular weight excluding hydrogens is 238 g/mol. The van der Waals surface area contributed by atoms with Crippen molar-refractivity contribution in [3.8, 4) is 0 Å². The number of aromatic nitrogens is 2. The molecule has 1 aliphatic carbocycles. The predicted molar refractivity (Wildman–Crippen MR) is 76.9 cm³/mol. The summed E-state index contributed by atoms with van der Waals surface area (Å²) >= 11 is 0. The number of hydrogen-bond acceptors (Lipinski definition) is 3. The van der Waals surface area contributed by atoms with Crippen LogP contribution < -0.4 is 5.73 Å². The zero-order chi connectivity index (χ0) is 14.1. The van der Waals surface area contributed by atoms with Crippen LogP contribution in [-0.4, -0.2) is 27.0 Å². The van der Waals surface area contributed by atoms with Crippen molar-refractivity contribution >= 4 is 0 Å². The van der Waals surface area contributed by atoms with Crippen LogP contribution >= 0.6 is 0 Å². The van der Waals surface area contributed by atoms with E-state index in [0.717, 1.165) is 5.69 Å². The Hall–Kier alpha value is -0.870. The van der Waals surface area contributed by atoms with Crippen LogP contribution in [0, 0.1) is 5.41 Å². The van der Waals surface area contributed by atoms with Gasteiger partial charge in [-0.25, -0.2) is 0 Å². The Bertz CT molecular complexity index is 415. The van der Waals surface area contributed by atoms with Crippen LogP contribution in [0.25, 0.3) is 0 Å². The molecule has 1 saturated carbocycles. The molecule has 4 heteroatoms. The molecule has 0 radical (unpaired) electrons. The third-order valence-corrected chi connectivity index (χ3v) is 4.57. The first-order valence-corrected chi connectivity index (χ1v) is 7.32. The van der Waals surface area contributed by atoms with E-state index in [1.807, 2.05) is 33.0 Å². The Morgan fingerprint density at radius 2 is 2.00 bits per heavy atom. The summed E-state index contributed by atoms with van der Waals surface area (Å²) in [7, 11) is 0. The van der Waals surface area contributed by atoms with Crippen molar-refractivity contribution < 1.29 is 5.11 Å². The van der Waals surface area contributed by atoms with Crippen molar-refractivity contribution in [1.82, 2.24) is 9.78 Å². The molecule has 2 rings (SSSR count). The fraction of sp³-hybridized carbons (Fsp3) is 0.800. The summed E-state index contributed by atoms with van der Waals surface area (Å²) in [5.74, 6) is 0. The van der Waals surface area contributed by atoms with Crippen LogP contribution in [0.1, 0.15) is 58.2 Å². The standard InChI is InChI=1S/C15H27N3O/c1-14(2,3)15(19,11-16)10-12-8-9-18(17-12)13-6-4-5-7-13/h8-9,13,19H,4-7,10-11,16H2,1-3H3. The Morgan fingerprint density at radius 3 is 2.53 bits per heavy atom. The van der Waals surface area contributed by atoms with Crippen LogP contribution in [0.4, 0.5) is 0 Å². The molecule has 19 heavy (non-hydrogen) atoms. The van der Waals surface area contributed by atoms with Gasteiger partial charge >= 0.3 is 0 Å². The summed E-state index contributed by atoms with van der Waals surface area (Å²) in [5.41, 5.74) is 5.57. The third kappa shape index (κ3) is 3.00. The van der Waals surface area contributed by atoms with E-state index in [0.29, 0.717) is 12.5 Å². The van der Waals surface area contributed by atoms with E-state index in [1.165, 1.54) is 25.7 Å². The Labute approximate surface area is 116 Å². The number of rotatable bonds is 4. The number of nitrogens with zero attached hydrogens (tertiary/aromatic N) is 2. The van der Waals surface area contributed by atoms with Crippen molar-refractivity contribution in [2.75, 3.05) is 6.54 Å². The zero-order valence-electron chi connectivity index (χ0n) is 12.4. The van der Waals surface area contributed by atoms with Crippen LogP contribution in [0.15, 0.2) is 12.3 Å². The molecule has 0 amide bonds. The minimum atomic E-state index is -0.901. The van der Waals surface area contributed by atoms with Crippen molar-refractivity contribution in [2.24, 2.45) is 11.1 Å². The molecule has 0 spiro atoms. The molecule has 1 fully saturated rings. The smallest absolute Gasteiger partial charge is 0.0873 e. The highest BCUT2D eigenvalue weighted by Crippen LogP contribution is 2.33. The first-order chi connectivity index (χ1) is 8.86. The number of nitrogens with two attached hydrogens (primary N) is 1. The normalized spacial score (nSPS) is 20.7. The van der Waals surface area contributed by atoms with E-state index in [-0.39, 0.29) is 12.0 Å². The second-order valence-corrected chi connectivity index (χ2v) is 6.89. The van der Waals surface area contributed by atoms with Gasteiger partial charge in [0, 0.05) is 19.2 Å². The molecule has 0 aliphatic heterocycles. The van der Waals surface area contributed by atoms with E-state index in [2.05, 4.69) is 9.78 Å². The second kappa shape index (κ2) is 5.25. The Kier molecular flexibility index (Phi) is 4.02. The van der Waals surface area contributed by atoms with Gasteiger partial charge in [-0.2, -0.15) is 5.10 Å². The maximum absolute atomic E-state index is 10.7. The molecule has 1 aromatic heterocycles. The number of aliphatic hydroxyl groups is 1. The SMILES string of the molecule is CC(C)(C)C(O)(CN)Cc1ccn(C2CCCC2)n1. The molecule has 1 unspecified atom stereocenters. The second-order valence-electron chi connectivity index (χ2n) is 6.89. The summed E-state index contributed by atoms with van der Waals surface area (Å²) in [6, 6.07) is 2.57. The molecule has 1 heterocycles. The van der Waals surface area contributed by atoms with Crippen molar-refractivity contribution in [2.45, 2.75) is 64.5 Å². The van der Waals surface area contributed by atoms with E-state index in [4.69, 9.17) is 5.73 Å². The van der Waals surface area contributed by atoms with E-state index in [9.17, 15) is 5.11 Å². The maximum Gasteiger partial charge on any atom is 0.0873 e. The van der Waals surface area contributed by atoms with Gasteiger partial charge in [-0.3, -0.25) is 4.68 Å². The van der Waals surface area contributed by atoms with Crippen LogP contribution in [-0.2, 0) is 6.42 Å². The molecule has 3 N–H and O–H groups in total. The summed E-state index contributed by atoms with van der Waals surface area (Å²) in [6.45, 7) is 6.32. The highest BCUT2D eigenvalue weighted by molar-refractivity contribution is 5.08. The zero-order valence-corrected chi connectivity index (χ0v) is 12.4. The van der Waals surface area contributed by atoms with Gasteiger partial charge in [-0.05, 0) is 24.3 Å². The predicted octanol–water partition coefficient (Wildman–Crippen LogP) is 2.28. The summed E-state index contributed by atoms with van der Waals surface area (Å²) in [5, 5.41) is 15.4. The average molecular weight is 265 g/mol. The molecule has 1 atom stereocenters. The average Bonchev–Trinajstić information content (AvgIpc) is 2.96. The summed E-state index contributed by atoms with van der Waals surface area (Å²) < 4.78 is 2.07. The fourth-order valence-electron chi connectivity index (χ4n) is 2.79. The van der Waals surface area contributed by atoms with Crippen LogP contribution in [0.3, 0.4) is 0 Å². The van der Waals surface area contributed by atoms with Gasteiger partial charge in [0.05, 0.1) is 17.3 Å². The molecule has 1 aliphatic rings. The van der Waals surface area contributed by atoms with Gasteiger partial charge in [0.1, 0.15) is 0 Å². The first kappa shape index (κ1) is 14.5. The molecule has 0 saturated heterocycles. The van der Waals surface area contributed by atoms with E-state index >= 15 is 0 Å². The largest absolute Gasteiger partial charge is 0.388 e. The lowest BCUT2D eigenvalue weighted by Crippen LogP contribution is -2.51. The monoisotopic (exact) mass is 265 g/mol. The van der Waals surface area contributed by atoms with E-state index < -0.39 is 5.60 Å². The van der Waals surface area contributed by atoms with Gasteiger partial charge in [0.15, 0.2) is 0 Å². The summed E-state index contributed by atoms with van der Waals surface area (Å²) in [6.07, 6.45) is 7.61. The van der Waals surface area contributed by atoms with Gasteiger partial charge in [0.2, 0.25) is 0 Å². The molecule has 0 aromatic carbocycles. The highest BCUT2D eigenvalue weighted by atomic mass is 16.3. The number of hydrogen-bond donors (Lipinski definition) is 2. The highest BCUT2D eigenvalue weighted by Gasteiger charge is 2.39. The molecule has 0 bridgehead atoms. The van der Waals surface area contributed by atoms with Gasteiger partial charge in [0.25, 0.3) is 0 Å². The van der Waals surface area contributed by atoms with Gasteiger partial charge < -0.3 is 10.8 Å². The molecule has 108 valence electrons. The lowest BCUT2D eigenvalue weighted by atomic mass is 9.74. The third-order valence-electron chi connectivity index (χ3n) is 4.57. The van der Waals surface area contributed by atoms with Crippen molar-refractivity contribution in [3.63, 3.8) is 0 Å². The topological polar surface area (TPSA) is 64.1 Å². The molecule has 4 nitrogen and oxygen atoms in total. The maximum atomic E-state index is 10.7. The van der Waals surface area contributed by atoms with Crippen molar-refractivity contribution in [3.05, 3.63) is 18.0 Å². The quantitative estimate of drug-likeness (QED) is 0.878. The molecule has 1 aromatic rings. The van der Waals surface area contributed by atoms with Gasteiger partial charge in [-0.15, -0.1) is 0 Å². The fourth-order valence-corrected chi connectivity index (χ4v) is 2.79. The Morgan fingerprint density at radius 1 is 1.37 bits per heavy atom. The van der Waals surface area contributed by atoms with Gasteiger partial charge in [-0.1, -0.05) is 33.6 Å². The van der Waals surface area contributed by atoms with E-state index in [1.54, 1.807) is 0 Å². The lowest BCUT2D eigenvalue weighted by molar-refractivity contribution is -0.0498. The minimum absolute atomic E-state index is 0.251. The minimum Gasteiger partial charge on any atom is -0.388 e. The van der Waals surface area contributed by atoms with Crippen LogP contribution in [0.2, 0.25) is 0 Å². The summed E-state index contributed by atoms with van der Waals surface area (Å²) in [4.78, 5) is 0. The van der Waals surface area contributed by atoms with Crippen LogP contribution in [0.5, 0.6) is 0 Å².